The van der Waals surface area contributed by atoms with E-state index in [-0.39, 0.29) is 18.1 Å². The molecule has 1 amide bonds. The van der Waals surface area contributed by atoms with Gasteiger partial charge in [-0.3, -0.25) is 4.79 Å². The number of anilines is 2. The van der Waals surface area contributed by atoms with Crippen molar-refractivity contribution in [3.8, 4) is 17.1 Å². The predicted octanol–water partition coefficient (Wildman–Crippen LogP) is 4.28. The average Bonchev–Trinajstić information content (AvgIpc) is 3.49. The number of rotatable bonds is 8. The lowest BCUT2D eigenvalue weighted by Gasteiger charge is -2.37. The molecule has 2 aromatic carbocycles. The number of benzene rings is 2. The molecule has 1 aromatic heterocycles. The molecule has 3 atom stereocenters. The molecule has 5 rings (SSSR count). The van der Waals surface area contributed by atoms with E-state index >= 15 is 0 Å². The number of amides is 1. The fourth-order valence-electron chi connectivity index (χ4n) is 4.89. The molecule has 9 heteroatoms. The number of hydrogen-bond acceptors (Lipinski definition) is 7. The number of morpholine rings is 1. The van der Waals surface area contributed by atoms with Crippen LogP contribution in [0.3, 0.4) is 0 Å². The Morgan fingerprint density at radius 2 is 1.89 bits per heavy atom. The van der Waals surface area contributed by atoms with Gasteiger partial charge in [-0.15, -0.1) is 10.2 Å². The highest BCUT2D eigenvalue weighted by Gasteiger charge is 2.32. The summed E-state index contributed by atoms with van der Waals surface area (Å²) in [6, 6.07) is 12.0. The number of carbonyl (C=O) groups excluding carboxylic acids is 1. The maximum atomic E-state index is 13.6. The number of hydrogen-bond donors (Lipinski definition) is 2. The van der Waals surface area contributed by atoms with Crippen LogP contribution in [0.25, 0.3) is 11.4 Å². The Labute approximate surface area is 211 Å². The van der Waals surface area contributed by atoms with Gasteiger partial charge >= 0.3 is 0 Å². The molecule has 0 spiro atoms. The second-order valence-electron chi connectivity index (χ2n) is 10.1. The lowest BCUT2D eigenvalue weighted by molar-refractivity contribution is -0.123. The molecule has 0 bridgehead atoms. The third-order valence-corrected chi connectivity index (χ3v) is 6.84. The van der Waals surface area contributed by atoms with E-state index in [0.717, 1.165) is 48.5 Å². The standard InChI is InChI=1S/C27H34N6O3/c1-16-6-5-7-17(2)25(16)36-24(12-20-8-9-20)27(34)28-23-11-10-21(13-22(23)26-29-31-32-30-26)33-14-18(3)35-19(4)15-33/h5-7,10-11,13,18-20,24H,8-9,12,14-15H2,1-4H3,(H,28,34)(H,29,30,31,32)/t18-,19?,24-/m0/s1. The third-order valence-electron chi connectivity index (χ3n) is 6.84. The number of aromatic nitrogens is 4. The molecular formula is C27H34N6O3. The molecule has 2 N–H and O–H groups in total. The molecule has 2 aliphatic rings. The number of carbonyl (C=O) groups is 1. The van der Waals surface area contributed by atoms with Crippen LogP contribution in [0.5, 0.6) is 5.75 Å². The van der Waals surface area contributed by atoms with Crippen LogP contribution >= 0.6 is 0 Å². The minimum absolute atomic E-state index is 0.131. The van der Waals surface area contributed by atoms with Crippen LogP contribution < -0.4 is 15.0 Å². The largest absolute Gasteiger partial charge is 0.480 e. The quantitative estimate of drug-likeness (QED) is 0.485. The first-order valence-corrected chi connectivity index (χ1v) is 12.7. The normalized spacial score (nSPS) is 20.7. The molecule has 190 valence electrons. The van der Waals surface area contributed by atoms with Crippen LogP contribution in [-0.4, -0.2) is 57.9 Å². The van der Waals surface area contributed by atoms with Crippen molar-refractivity contribution in [2.24, 2.45) is 5.92 Å². The smallest absolute Gasteiger partial charge is 0.265 e. The molecule has 1 aliphatic heterocycles. The van der Waals surface area contributed by atoms with Crippen LogP contribution in [-0.2, 0) is 9.53 Å². The van der Waals surface area contributed by atoms with E-state index in [9.17, 15) is 4.79 Å². The summed E-state index contributed by atoms with van der Waals surface area (Å²) in [4.78, 5) is 15.9. The minimum Gasteiger partial charge on any atom is -0.480 e. The zero-order valence-corrected chi connectivity index (χ0v) is 21.3. The van der Waals surface area contributed by atoms with E-state index in [4.69, 9.17) is 9.47 Å². The summed E-state index contributed by atoms with van der Waals surface area (Å²) < 4.78 is 12.2. The van der Waals surface area contributed by atoms with Gasteiger partial charge in [0.25, 0.3) is 5.91 Å². The van der Waals surface area contributed by atoms with E-state index in [2.05, 4.69) is 44.7 Å². The van der Waals surface area contributed by atoms with E-state index in [0.29, 0.717) is 29.4 Å². The number of aromatic amines is 1. The SMILES string of the molecule is Cc1cccc(C)c1O[C@@H](CC1CC1)C(=O)Nc1ccc(N2CC(C)O[C@@H](C)C2)cc1-c1nn[nH]n1. The second kappa shape index (κ2) is 10.3. The topological polar surface area (TPSA) is 105 Å². The van der Waals surface area contributed by atoms with E-state index in [1.807, 2.05) is 50.2 Å². The Bertz CT molecular complexity index is 1180. The van der Waals surface area contributed by atoms with Gasteiger partial charge in [-0.1, -0.05) is 31.0 Å². The first kappa shape index (κ1) is 24.2. The van der Waals surface area contributed by atoms with Crippen molar-refractivity contribution in [1.82, 2.24) is 20.6 Å². The summed E-state index contributed by atoms with van der Waals surface area (Å²) in [5, 5.41) is 17.8. The third kappa shape index (κ3) is 5.51. The molecule has 3 aromatic rings. The predicted molar refractivity (Wildman–Crippen MR) is 138 cm³/mol. The summed E-state index contributed by atoms with van der Waals surface area (Å²) in [6.45, 7) is 9.74. The second-order valence-corrected chi connectivity index (χ2v) is 10.1. The number of para-hydroxylation sites is 1. The van der Waals surface area contributed by atoms with Crippen molar-refractivity contribution in [2.45, 2.75) is 65.3 Å². The van der Waals surface area contributed by atoms with E-state index < -0.39 is 6.10 Å². The Hall–Kier alpha value is -3.46. The fourth-order valence-corrected chi connectivity index (χ4v) is 4.89. The number of nitrogens with zero attached hydrogens (tertiary/aromatic N) is 4. The van der Waals surface area contributed by atoms with Crippen LogP contribution in [0.1, 0.15) is 44.2 Å². The minimum atomic E-state index is -0.587. The number of ether oxygens (including phenoxy) is 2. The number of aryl methyl sites for hydroxylation is 2. The molecule has 1 aliphatic carbocycles. The zero-order valence-electron chi connectivity index (χ0n) is 21.3. The fraction of sp³-hybridized carbons (Fsp3) is 0.481. The first-order valence-electron chi connectivity index (χ1n) is 12.7. The van der Waals surface area contributed by atoms with Crippen molar-refractivity contribution in [1.29, 1.82) is 0 Å². The Morgan fingerprint density at radius 1 is 1.17 bits per heavy atom. The van der Waals surface area contributed by atoms with Crippen molar-refractivity contribution < 1.29 is 14.3 Å². The van der Waals surface area contributed by atoms with Crippen molar-refractivity contribution in [3.05, 3.63) is 47.5 Å². The number of nitrogens with one attached hydrogen (secondary N) is 2. The molecule has 0 radical (unpaired) electrons. The van der Waals surface area contributed by atoms with Crippen molar-refractivity contribution in [2.75, 3.05) is 23.3 Å². The molecule has 1 saturated carbocycles. The van der Waals surface area contributed by atoms with Crippen LogP contribution in [0, 0.1) is 19.8 Å². The highest BCUT2D eigenvalue weighted by atomic mass is 16.5. The number of tetrazole rings is 1. The van der Waals surface area contributed by atoms with Gasteiger partial charge in [0.1, 0.15) is 5.75 Å². The monoisotopic (exact) mass is 490 g/mol. The molecule has 2 heterocycles. The summed E-state index contributed by atoms with van der Waals surface area (Å²) in [5.41, 5.74) is 4.41. The number of H-pyrrole nitrogens is 1. The molecular weight excluding hydrogens is 456 g/mol. The van der Waals surface area contributed by atoms with Crippen molar-refractivity contribution in [3.63, 3.8) is 0 Å². The molecule has 1 unspecified atom stereocenters. The van der Waals surface area contributed by atoms with Gasteiger partial charge in [0.15, 0.2) is 6.10 Å². The highest BCUT2D eigenvalue weighted by molar-refractivity contribution is 5.98. The van der Waals surface area contributed by atoms with Crippen molar-refractivity contribution >= 4 is 17.3 Å². The summed E-state index contributed by atoms with van der Waals surface area (Å²) >= 11 is 0. The summed E-state index contributed by atoms with van der Waals surface area (Å²) in [6.07, 6.45) is 2.65. The average molecular weight is 491 g/mol. The molecule has 9 nitrogen and oxygen atoms in total. The lowest BCUT2D eigenvalue weighted by Crippen LogP contribution is -2.45. The maximum Gasteiger partial charge on any atom is 0.265 e. The van der Waals surface area contributed by atoms with Crippen LogP contribution in [0.15, 0.2) is 36.4 Å². The molecule has 2 fully saturated rings. The highest BCUT2D eigenvalue weighted by Crippen LogP contribution is 2.37. The van der Waals surface area contributed by atoms with Gasteiger partial charge in [-0.2, -0.15) is 5.21 Å². The van der Waals surface area contributed by atoms with Crippen LogP contribution in [0.4, 0.5) is 11.4 Å². The Morgan fingerprint density at radius 3 is 2.53 bits per heavy atom. The first-order chi connectivity index (χ1) is 17.4. The molecule has 1 saturated heterocycles. The maximum absolute atomic E-state index is 13.6. The van der Waals surface area contributed by atoms with Gasteiger partial charge in [0.05, 0.1) is 17.9 Å². The lowest BCUT2D eigenvalue weighted by atomic mass is 10.1. The van der Waals surface area contributed by atoms with Gasteiger partial charge in [-0.05, 0) is 74.6 Å². The zero-order chi connectivity index (χ0) is 25.2. The van der Waals surface area contributed by atoms with E-state index in [1.54, 1.807) is 0 Å². The van der Waals surface area contributed by atoms with Gasteiger partial charge in [0, 0.05) is 24.3 Å². The molecule has 36 heavy (non-hydrogen) atoms. The Balaban J connectivity index is 1.41. The Kier molecular flexibility index (Phi) is 6.91. The van der Waals surface area contributed by atoms with E-state index in [1.165, 1.54) is 0 Å². The van der Waals surface area contributed by atoms with Gasteiger partial charge in [-0.25, -0.2) is 0 Å². The van der Waals surface area contributed by atoms with Crippen LogP contribution in [0.2, 0.25) is 0 Å². The summed E-state index contributed by atoms with van der Waals surface area (Å²) in [7, 11) is 0. The van der Waals surface area contributed by atoms with Gasteiger partial charge in [0.2, 0.25) is 5.82 Å². The summed E-state index contributed by atoms with van der Waals surface area (Å²) in [5.74, 6) is 1.56. The van der Waals surface area contributed by atoms with Gasteiger partial charge < -0.3 is 19.7 Å².